The van der Waals surface area contributed by atoms with Crippen LogP contribution in [-0.2, 0) is 14.3 Å². The highest BCUT2D eigenvalue weighted by Crippen LogP contribution is 2.22. The molecule has 1 aliphatic heterocycles. The summed E-state index contributed by atoms with van der Waals surface area (Å²) in [5.41, 5.74) is 1.49. The van der Waals surface area contributed by atoms with Crippen LogP contribution in [0.15, 0.2) is 18.2 Å². The molecule has 1 aliphatic rings. The Morgan fingerprint density at radius 2 is 2.27 bits per heavy atom. The van der Waals surface area contributed by atoms with E-state index in [-0.39, 0.29) is 11.6 Å². The predicted octanol–water partition coefficient (Wildman–Crippen LogP) is 1.86. The molecule has 1 aromatic heterocycles. The molecule has 1 fully saturated rings. The SMILES string of the molecule is COC(=O)c1n[nH]c2ccc(NC(=O)C3CCCCO3)cc12. The number of benzene rings is 1. The molecule has 0 spiro atoms. The number of aromatic nitrogens is 2. The van der Waals surface area contributed by atoms with Crippen molar-refractivity contribution in [1.82, 2.24) is 10.2 Å². The third-order valence-corrected chi connectivity index (χ3v) is 3.68. The lowest BCUT2D eigenvalue weighted by Gasteiger charge is -2.21. The molecule has 0 bridgehead atoms. The molecule has 22 heavy (non-hydrogen) atoms. The van der Waals surface area contributed by atoms with E-state index in [0.717, 1.165) is 19.3 Å². The summed E-state index contributed by atoms with van der Waals surface area (Å²) in [5, 5.41) is 10.1. The second-order valence-corrected chi connectivity index (χ2v) is 5.17. The summed E-state index contributed by atoms with van der Waals surface area (Å²) in [4.78, 5) is 23.8. The van der Waals surface area contributed by atoms with Gasteiger partial charge in [0.2, 0.25) is 0 Å². The number of anilines is 1. The normalized spacial score (nSPS) is 18.1. The number of nitrogens with one attached hydrogen (secondary N) is 2. The van der Waals surface area contributed by atoms with E-state index in [2.05, 4.69) is 15.5 Å². The maximum absolute atomic E-state index is 12.2. The van der Waals surface area contributed by atoms with Crippen LogP contribution in [-0.4, -0.2) is 41.9 Å². The molecule has 116 valence electrons. The van der Waals surface area contributed by atoms with Gasteiger partial charge in [-0.05, 0) is 37.5 Å². The van der Waals surface area contributed by atoms with Crippen molar-refractivity contribution in [3.63, 3.8) is 0 Å². The second kappa shape index (κ2) is 6.15. The van der Waals surface area contributed by atoms with Crippen molar-refractivity contribution in [1.29, 1.82) is 0 Å². The molecule has 2 heterocycles. The van der Waals surface area contributed by atoms with Crippen LogP contribution in [0.1, 0.15) is 29.8 Å². The molecule has 0 saturated carbocycles. The quantitative estimate of drug-likeness (QED) is 0.844. The van der Waals surface area contributed by atoms with E-state index in [1.807, 2.05) is 0 Å². The molecule has 0 aliphatic carbocycles. The molecular weight excluding hydrogens is 286 g/mol. The number of nitrogens with zero attached hydrogens (tertiary/aromatic N) is 1. The zero-order chi connectivity index (χ0) is 15.5. The van der Waals surface area contributed by atoms with Crippen LogP contribution in [0.5, 0.6) is 0 Å². The number of ether oxygens (including phenoxy) is 2. The molecule has 1 unspecified atom stereocenters. The van der Waals surface area contributed by atoms with Crippen LogP contribution < -0.4 is 5.32 Å². The first kappa shape index (κ1) is 14.5. The number of carbonyl (C=O) groups is 2. The molecule has 2 aromatic rings. The Morgan fingerprint density at radius 1 is 1.41 bits per heavy atom. The van der Waals surface area contributed by atoms with Crippen LogP contribution in [0.2, 0.25) is 0 Å². The fraction of sp³-hybridized carbons (Fsp3) is 0.400. The smallest absolute Gasteiger partial charge is 0.359 e. The average Bonchev–Trinajstić information content (AvgIpc) is 2.98. The highest BCUT2D eigenvalue weighted by atomic mass is 16.5. The van der Waals surface area contributed by atoms with E-state index in [4.69, 9.17) is 9.47 Å². The number of carbonyl (C=O) groups excluding carboxylic acids is 2. The van der Waals surface area contributed by atoms with E-state index in [0.29, 0.717) is 23.2 Å². The molecule has 1 saturated heterocycles. The molecule has 1 aromatic carbocycles. The predicted molar refractivity (Wildman–Crippen MR) is 79.7 cm³/mol. The highest BCUT2D eigenvalue weighted by Gasteiger charge is 2.22. The van der Waals surface area contributed by atoms with Crippen molar-refractivity contribution in [3.05, 3.63) is 23.9 Å². The van der Waals surface area contributed by atoms with Gasteiger partial charge in [0.1, 0.15) is 6.10 Å². The third-order valence-electron chi connectivity index (χ3n) is 3.68. The van der Waals surface area contributed by atoms with Crippen molar-refractivity contribution in [2.45, 2.75) is 25.4 Å². The summed E-state index contributed by atoms with van der Waals surface area (Å²) >= 11 is 0. The Morgan fingerprint density at radius 3 is 3.00 bits per heavy atom. The highest BCUT2D eigenvalue weighted by molar-refractivity contribution is 6.04. The number of H-pyrrole nitrogens is 1. The standard InChI is InChI=1S/C15H17N3O4/c1-21-15(20)13-10-8-9(5-6-11(10)17-18-13)16-14(19)12-4-2-3-7-22-12/h5-6,8,12H,2-4,7H2,1H3,(H,16,19)(H,17,18). The van der Waals surface area contributed by atoms with Crippen LogP contribution >= 0.6 is 0 Å². The van der Waals surface area contributed by atoms with Crippen molar-refractivity contribution < 1.29 is 19.1 Å². The van der Waals surface area contributed by atoms with Gasteiger partial charge in [0.05, 0.1) is 12.6 Å². The van der Waals surface area contributed by atoms with Gasteiger partial charge in [-0.1, -0.05) is 0 Å². The summed E-state index contributed by atoms with van der Waals surface area (Å²) in [6, 6.07) is 5.21. The van der Waals surface area contributed by atoms with Gasteiger partial charge in [-0.25, -0.2) is 4.79 Å². The Labute approximate surface area is 127 Å². The van der Waals surface area contributed by atoms with Gasteiger partial charge in [0.25, 0.3) is 5.91 Å². The number of methoxy groups -OCH3 is 1. The summed E-state index contributed by atoms with van der Waals surface area (Å²) in [6.07, 6.45) is 2.31. The zero-order valence-electron chi connectivity index (χ0n) is 12.2. The minimum Gasteiger partial charge on any atom is -0.464 e. The van der Waals surface area contributed by atoms with Crippen LogP contribution in [0.25, 0.3) is 10.9 Å². The summed E-state index contributed by atoms with van der Waals surface area (Å²) < 4.78 is 10.1. The lowest BCUT2D eigenvalue weighted by Crippen LogP contribution is -2.33. The topological polar surface area (TPSA) is 93.3 Å². The summed E-state index contributed by atoms with van der Waals surface area (Å²) in [5.74, 6) is -0.687. The van der Waals surface area contributed by atoms with E-state index in [1.54, 1.807) is 18.2 Å². The van der Waals surface area contributed by atoms with E-state index in [9.17, 15) is 9.59 Å². The first-order valence-electron chi connectivity index (χ1n) is 7.18. The van der Waals surface area contributed by atoms with Crippen LogP contribution in [0.3, 0.4) is 0 Å². The van der Waals surface area contributed by atoms with Crippen molar-refractivity contribution in [2.75, 3.05) is 19.0 Å². The average molecular weight is 303 g/mol. The molecule has 3 rings (SSSR count). The van der Waals surface area contributed by atoms with Crippen LogP contribution in [0.4, 0.5) is 5.69 Å². The fourth-order valence-corrected chi connectivity index (χ4v) is 2.51. The maximum Gasteiger partial charge on any atom is 0.359 e. The van der Waals surface area contributed by atoms with Gasteiger partial charge in [-0.15, -0.1) is 0 Å². The fourth-order valence-electron chi connectivity index (χ4n) is 2.51. The monoisotopic (exact) mass is 303 g/mol. The number of aromatic amines is 1. The first-order chi connectivity index (χ1) is 10.7. The summed E-state index contributed by atoms with van der Waals surface area (Å²) in [7, 11) is 1.30. The minimum atomic E-state index is -0.523. The van der Waals surface area contributed by atoms with E-state index in [1.165, 1.54) is 7.11 Å². The number of fused-ring (bicyclic) bond motifs is 1. The van der Waals surface area contributed by atoms with Gasteiger partial charge in [-0.3, -0.25) is 9.89 Å². The number of amides is 1. The molecule has 1 atom stereocenters. The zero-order valence-corrected chi connectivity index (χ0v) is 12.2. The largest absolute Gasteiger partial charge is 0.464 e. The number of hydrogen-bond acceptors (Lipinski definition) is 5. The van der Waals surface area contributed by atoms with E-state index >= 15 is 0 Å². The first-order valence-corrected chi connectivity index (χ1v) is 7.18. The van der Waals surface area contributed by atoms with Crippen LogP contribution in [0, 0.1) is 0 Å². The Hall–Kier alpha value is -2.41. The molecule has 7 heteroatoms. The van der Waals surface area contributed by atoms with Gasteiger partial charge in [-0.2, -0.15) is 5.10 Å². The van der Waals surface area contributed by atoms with Gasteiger partial charge in [0.15, 0.2) is 5.69 Å². The molecular formula is C15H17N3O4. The molecule has 7 nitrogen and oxygen atoms in total. The Kier molecular flexibility index (Phi) is 4.06. The van der Waals surface area contributed by atoms with Crippen molar-refractivity contribution >= 4 is 28.5 Å². The maximum atomic E-state index is 12.2. The van der Waals surface area contributed by atoms with Crippen molar-refractivity contribution in [2.24, 2.45) is 0 Å². The molecule has 1 amide bonds. The van der Waals surface area contributed by atoms with Gasteiger partial charge < -0.3 is 14.8 Å². The number of rotatable bonds is 3. The third kappa shape index (κ3) is 2.80. The Bertz CT molecular complexity index is 704. The molecule has 0 radical (unpaired) electrons. The number of hydrogen-bond donors (Lipinski definition) is 2. The van der Waals surface area contributed by atoms with Gasteiger partial charge >= 0.3 is 5.97 Å². The minimum absolute atomic E-state index is 0.165. The van der Waals surface area contributed by atoms with Crippen molar-refractivity contribution in [3.8, 4) is 0 Å². The number of esters is 1. The van der Waals surface area contributed by atoms with E-state index < -0.39 is 12.1 Å². The lowest BCUT2D eigenvalue weighted by atomic mass is 10.1. The molecule has 2 N–H and O–H groups in total. The summed E-state index contributed by atoms with van der Waals surface area (Å²) in [6.45, 7) is 0.616. The Balaban J connectivity index is 1.81. The second-order valence-electron chi connectivity index (χ2n) is 5.17. The lowest BCUT2D eigenvalue weighted by molar-refractivity contribution is -0.129. The van der Waals surface area contributed by atoms with Gasteiger partial charge in [0, 0.05) is 17.7 Å².